The van der Waals surface area contributed by atoms with E-state index in [2.05, 4.69) is 5.32 Å². The van der Waals surface area contributed by atoms with Crippen LogP contribution in [-0.2, 0) is 5.60 Å². The normalized spacial score (nSPS) is 13.9. The Morgan fingerprint density at radius 2 is 2.00 bits per heavy atom. The van der Waals surface area contributed by atoms with Gasteiger partial charge in [-0.1, -0.05) is 30.3 Å². The number of carbonyl (C=O) groups excluding carboxylic acids is 1. The molecule has 4 heteroatoms. The van der Waals surface area contributed by atoms with Gasteiger partial charge in [-0.2, -0.15) is 0 Å². The van der Waals surface area contributed by atoms with Crippen molar-refractivity contribution in [1.29, 1.82) is 0 Å². The molecule has 0 bridgehead atoms. The van der Waals surface area contributed by atoms with Gasteiger partial charge in [0.1, 0.15) is 5.60 Å². The van der Waals surface area contributed by atoms with E-state index in [0.29, 0.717) is 0 Å². The maximum atomic E-state index is 11.7. The third-order valence-electron chi connectivity index (χ3n) is 2.73. The maximum Gasteiger partial charge on any atom is 0.287 e. The Labute approximate surface area is 105 Å². The minimum atomic E-state index is -1.11. The Kier molecular flexibility index (Phi) is 3.48. The number of benzene rings is 1. The number of nitrogens with one attached hydrogen (secondary N) is 1. The Bertz CT molecular complexity index is 503. The van der Waals surface area contributed by atoms with Gasteiger partial charge in [0.05, 0.1) is 12.8 Å². The Balaban J connectivity index is 1.99. The van der Waals surface area contributed by atoms with Gasteiger partial charge >= 0.3 is 0 Å². The molecule has 0 fully saturated rings. The number of furan rings is 1. The van der Waals surface area contributed by atoms with Crippen LogP contribution in [0.2, 0.25) is 0 Å². The van der Waals surface area contributed by atoms with Gasteiger partial charge in [0, 0.05) is 0 Å². The van der Waals surface area contributed by atoms with Gasteiger partial charge < -0.3 is 14.8 Å². The van der Waals surface area contributed by atoms with Crippen LogP contribution in [-0.4, -0.2) is 17.6 Å². The molecule has 4 nitrogen and oxygen atoms in total. The van der Waals surface area contributed by atoms with Crippen LogP contribution in [0.4, 0.5) is 0 Å². The van der Waals surface area contributed by atoms with Gasteiger partial charge in [0.2, 0.25) is 0 Å². The summed E-state index contributed by atoms with van der Waals surface area (Å²) in [5.41, 5.74) is -0.353. The number of aliphatic hydroxyl groups is 1. The number of carbonyl (C=O) groups is 1. The van der Waals surface area contributed by atoms with E-state index in [0.717, 1.165) is 5.56 Å². The average molecular weight is 245 g/mol. The van der Waals surface area contributed by atoms with Crippen molar-refractivity contribution < 1.29 is 14.3 Å². The highest BCUT2D eigenvalue weighted by Crippen LogP contribution is 2.19. The first-order valence-electron chi connectivity index (χ1n) is 5.69. The summed E-state index contributed by atoms with van der Waals surface area (Å²) in [5, 5.41) is 12.9. The van der Waals surface area contributed by atoms with Crippen molar-refractivity contribution >= 4 is 5.91 Å². The van der Waals surface area contributed by atoms with Crippen LogP contribution < -0.4 is 5.32 Å². The highest BCUT2D eigenvalue weighted by Gasteiger charge is 2.24. The first-order chi connectivity index (χ1) is 8.59. The highest BCUT2D eigenvalue weighted by molar-refractivity contribution is 5.91. The summed E-state index contributed by atoms with van der Waals surface area (Å²) in [6.45, 7) is 1.78. The average Bonchev–Trinajstić information content (AvgIpc) is 2.91. The molecule has 0 aliphatic heterocycles. The highest BCUT2D eigenvalue weighted by atomic mass is 16.3. The molecule has 1 atom stereocenters. The summed E-state index contributed by atoms with van der Waals surface area (Å²) < 4.78 is 4.97. The van der Waals surface area contributed by atoms with Crippen molar-refractivity contribution in [2.24, 2.45) is 0 Å². The smallest absolute Gasteiger partial charge is 0.287 e. The van der Waals surface area contributed by atoms with Crippen LogP contribution in [0.25, 0.3) is 0 Å². The van der Waals surface area contributed by atoms with Crippen LogP contribution in [0, 0.1) is 0 Å². The number of hydrogen-bond acceptors (Lipinski definition) is 3. The quantitative estimate of drug-likeness (QED) is 0.865. The largest absolute Gasteiger partial charge is 0.459 e. The number of amides is 1. The SMILES string of the molecule is CC(O)(CNC(=O)c1ccco1)c1ccccc1. The van der Waals surface area contributed by atoms with Gasteiger partial charge in [0.25, 0.3) is 5.91 Å². The number of hydrogen-bond donors (Lipinski definition) is 2. The molecule has 1 amide bonds. The molecule has 2 N–H and O–H groups in total. The van der Waals surface area contributed by atoms with Crippen molar-refractivity contribution in [3.05, 3.63) is 60.1 Å². The molecule has 0 saturated carbocycles. The summed E-state index contributed by atoms with van der Waals surface area (Å²) in [6, 6.07) is 12.4. The molecule has 0 aliphatic rings. The molecule has 2 aromatic rings. The minimum Gasteiger partial charge on any atom is -0.459 e. The van der Waals surface area contributed by atoms with E-state index in [1.165, 1.54) is 6.26 Å². The second-order valence-corrected chi connectivity index (χ2v) is 4.30. The lowest BCUT2D eigenvalue weighted by Crippen LogP contribution is -2.38. The second-order valence-electron chi connectivity index (χ2n) is 4.30. The third-order valence-corrected chi connectivity index (χ3v) is 2.73. The molecule has 0 spiro atoms. The van der Waals surface area contributed by atoms with Gasteiger partial charge in [-0.3, -0.25) is 4.79 Å². The second kappa shape index (κ2) is 5.06. The van der Waals surface area contributed by atoms with Crippen molar-refractivity contribution in [3.8, 4) is 0 Å². The Morgan fingerprint density at radius 3 is 2.61 bits per heavy atom. The Morgan fingerprint density at radius 1 is 1.28 bits per heavy atom. The summed E-state index contributed by atoms with van der Waals surface area (Å²) in [5.74, 6) is -0.102. The lowest BCUT2D eigenvalue weighted by atomic mass is 9.96. The van der Waals surface area contributed by atoms with Crippen LogP contribution in [0.3, 0.4) is 0 Å². The molecule has 94 valence electrons. The zero-order chi connectivity index (χ0) is 13.0. The monoisotopic (exact) mass is 245 g/mol. The van der Waals surface area contributed by atoms with Crippen molar-refractivity contribution in [3.63, 3.8) is 0 Å². The van der Waals surface area contributed by atoms with Crippen molar-refractivity contribution in [2.75, 3.05) is 6.54 Å². The van der Waals surface area contributed by atoms with Gasteiger partial charge in [-0.05, 0) is 24.6 Å². The van der Waals surface area contributed by atoms with Gasteiger partial charge in [-0.15, -0.1) is 0 Å². The molecule has 1 heterocycles. The van der Waals surface area contributed by atoms with E-state index in [9.17, 15) is 9.90 Å². The van der Waals surface area contributed by atoms with Crippen LogP contribution in [0.1, 0.15) is 23.0 Å². The first kappa shape index (κ1) is 12.4. The van der Waals surface area contributed by atoms with Crippen LogP contribution in [0.5, 0.6) is 0 Å². The van der Waals surface area contributed by atoms with Crippen LogP contribution >= 0.6 is 0 Å². The molecular formula is C14H15NO3. The predicted octanol–water partition coefficient (Wildman–Crippen LogP) is 1.92. The van der Waals surface area contributed by atoms with Crippen molar-refractivity contribution in [1.82, 2.24) is 5.32 Å². The molecule has 1 aromatic carbocycles. The lowest BCUT2D eigenvalue weighted by Gasteiger charge is -2.23. The van der Waals surface area contributed by atoms with E-state index in [1.54, 1.807) is 19.1 Å². The fraction of sp³-hybridized carbons (Fsp3) is 0.214. The molecule has 1 unspecified atom stereocenters. The fourth-order valence-corrected chi connectivity index (χ4v) is 1.65. The van der Waals surface area contributed by atoms with E-state index >= 15 is 0 Å². The van der Waals surface area contributed by atoms with Crippen molar-refractivity contribution in [2.45, 2.75) is 12.5 Å². The lowest BCUT2D eigenvalue weighted by molar-refractivity contribution is 0.0519. The molecule has 0 saturated heterocycles. The summed E-state index contributed by atoms with van der Waals surface area (Å²) in [6.07, 6.45) is 1.43. The molecule has 18 heavy (non-hydrogen) atoms. The van der Waals surface area contributed by atoms with Gasteiger partial charge in [0.15, 0.2) is 5.76 Å². The fourth-order valence-electron chi connectivity index (χ4n) is 1.65. The topological polar surface area (TPSA) is 62.5 Å². The zero-order valence-electron chi connectivity index (χ0n) is 10.1. The molecular weight excluding hydrogens is 230 g/mol. The molecule has 2 rings (SSSR count). The standard InChI is InChI=1S/C14H15NO3/c1-14(17,11-6-3-2-4-7-11)10-15-13(16)12-8-5-9-18-12/h2-9,17H,10H2,1H3,(H,15,16). The maximum absolute atomic E-state index is 11.7. The predicted molar refractivity (Wildman–Crippen MR) is 67.1 cm³/mol. The minimum absolute atomic E-state index is 0.122. The summed E-state index contributed by atoms with van der Waals surface area (Å²) in [4.78, 5) is 11.7. The third kappa shape index (κ3) is 2.78. The summed E-state index contributed by atoms with van der Waals surface area (Å²) in [7, 11) is 0. The van der Waals surface area contributed by atoms with E-state index in [1.807, 2.05) is 30.3 Å². The van der Waals surface area contributed by atoms with E-state index < -0.39 is 5.60 Å². The Hall–Kier alpha value is -2.07. The van der Waals surface area contributed by atoms with E-state index in [4.69, 9.17) is 4.42 Å². The first-order valence-corrected chi connectivity index (χ1v) is 5.69. The number of rotatable bonds is 4. The molecule has 1 aromatic heterocycles. The zero-order valence-corrected chi connectivity index (χ0v) is 10.1. The van der Waals surface area contributed by atoms with E-state index in [-0.39, 0.29) is 18.2 Å². The summed E-state index contributed by atoms with van der Waals surface area (Å²) >= 11 is 0. The van der Waals surface area contributed by atoms with Gasteiger partial charge in [-0.25, -0.2) is 0 Å². The van der Waals surface area contributed by atoms with Crippen LogP contribution in [0.15, 0.2) is 53.1 Å². The molecule has 0 aliphatic carbocycles. The molecule has 0 radical (unpaired) electrons.